The largest absolute Gasteiger partial charge is 0.466 e. The van der Waals surface area contributed by atoms with Crippen molar-refractivity contribution in [2.45, 2.75) is 52.9 Å². The highest BCUT2D eigenvalue weighted by atomic mass is 16.5. The normalized spacial score (nSPS) is 12.4. The van der Waals surface area contributed by atoms with Gasteiger partial charge in [-0.3, -0.25) is 9.59 Å². The van der Waals surface area contributed by atoms with Crippen molar-refractivity contribution < 1.29 is 14.3 Å². The molecule has 164 valence electrons. The Kier molecular flexibility index (Phi) is 10.5. The quantitative estimate of drug-likeness (QED) is 0.222. The first-order chi connectivity index (χ1) is 14.9. The van der Waals surface area contributed by atoms with Crippen LogP contribution in [-0.2, 0) is 16.0 Å². The average Bonchev–Trinajstić information content (AvgIpc) is 2.74. The van der Waals surface area contributed by atoms with Crippen molar-refractivity contribution in [2.75, 3.05) is 6.61 Å². The number of benzene rings is 2. The van der Waals surface area contributed by atoms with Gasteiger partial charge in [-0.2, -0.15) is 0 Å². The Morgan fingerprint density at radius 1 is 0.968 bits per heavy atom. The van der Waals surface area contributed by atoms with E-state index in [1.165, 1.54) is 0 Å². The molecule has 0 aliphatic rings. The van der Waals surface area contributed by atoms with Crippen molar-refractivity contribution >= 4 is 11.8 Å². The zero-order chi connectivity index (χ0) is 22.5. The van der Waals surface area contributed by atoms with Gasteiger partial charge in [0.2, 0.25) is 0 Å². The molecule has 31 heavy (non-hydrogen) atoms. The third kappa shape index (κ3) is 10.1. The third-order valence-electron chi connectivity index (χ3n) is 5.18. The number of ether oxygens (including phenoxy) is 1. The monoisotopic (exact) mass is 418 g/mol. The fourth-order valence-electron chi connectivity index (χ4n) is 3.42. The van der Waals surface area contributed by atoms with E-state index in [0.29, 0.717) is 30.9 Å². The molecule has 0 aromatic heterocycles. The van der Waals surface area contributed by atoms with E-state index < -0.39 is 0 Å². The van der Waals surface area contributed by atoms with Crippen molar-refractivity contribution in [3.8, 4) is 0 Å². The van der Waals surface area contributed by atoms with E-state index in [9.17, 15) is 9.59 Å². The van der Waals surface area contributed by atoms with Crippen molar-refractivity contribution in [1.29, 1.82) is 0 Å². The van der Waals surface area contributed by atoms with Crippen LogP contribution >= 0.6 is 0 Å². The highest BCUT2D eigenvalue weighted by Gasteiger charge is 2.20. The Morgan fingerprint density at radius 3 is 2.26 bits per heavy atom. The molecule has 0 heterocycles. The highest BCUT2D eigenvalue weighted by molar-refractivity contribution is 5.96. The van der Waals surface area contributed by atoms with Crippen LogP contribution in [0.1, 0.15) is 62.4 Å². The van der Waals surface area contributed by atoms with E-state index in [1.54, 1.807) is 0 Å². The molecule has 0 spiro atoms. The van der Waals surface area contributed by atoms with Crippen LogP contribution in [0.25, 0.3) is 0 Å². The van der Waals surface area contributed by atoms with Crippen LogP contribution in [0.3, 0.4) is 0 Å². The number of hydrogen-bond donors (Lipinski definition) is 0. The molecule has 2 aromatic rings. The van der Waals surface area contributed by atoms with E-state index in [2.05, 4.69) is 12.7 Å². The lowest BCUT2D eigenvalue weighted by Gasteiger charge is -2.16. The average molecular weight is 419 g/mol. The lowest BCUT2D eigenvalue weighted by molar-refractivity contribution is -0.145. The summed E-state index contributed by atoms with van der Waals surface area (Å²) in [5.74, 6) is 0.183. The molecule has 0 aliphatic carbocycles. The predicted molar refractivity (Wildman–Crippen MR) is 126 cm³/mol. The zero-order valence-corrected chi connectivity index (χ0v) is 19.0. The zero-order valence-electron chi connectivity index (χ0n) is 19.0. The van der Waals surface area contributed by atoms with Crippen molar-refractivity contribution in [3.05, 3.63) is 89.2 Å². The fourth-order valence-corrected chi connectivity index (χ4v) is 3.42. The van der Waals surface area contributed by atoms with Gasteiger partial charge >= 0.3 is 5.97 Å². The lowest BCUT2D eigenvalue weighted by atomic mass is 9.89. The van der Waals surface area contributed by atoms with Gasteiger partial charge in [-0.1, -0.05) is 67.6 Å². The summed E-state index contributed by atoms with van der Waals surface area (Å²) in [6, 6.07) is 19.3. The number of hydrogen-bond acceptors (Lipinski definition) is 3. The summed E-state index contributed by atoms with van der Waals surface area (Å²) in [5, 5.41) is 0. The molecule has 0 radical (unpaired) electrons. The molecular weight excluding hydrogens is 384 g/mol. The molecule has 0 saturated carbocycles. The van der Waals surface area contributed by atoms with Gasteiger partial charge < -0.3 is 4.74 Å². The minimum atomic E-state index is -0.228. The molecule has 3 heteroatoms. The predicted octanol–water partition coefficient (Wildman–Crippen LogP) is 6.59. The Hall–Kier alpha value is -2.90. The number of Topliss-reactive ketones (excluding diaryl/α,β-unsaturated/α-hetero) is 1. The van der Waals surface area contributed by atoms with Crippen molar-refractivity contribution in [3.63, 3.8) is 0 Å². The molecule has 3 nitrogen and oxygen atoms in total. The summed E-state index contributed by atoms with van der Waals surface area (Å²) >= 11 is 0. The smallest absolute Gasteiger partial charge is 0.306 e. The molecular formula is C28H34O3. The van der Waals surface area contributed by atoms with E-state index in [1.807, 2.05) is 80.6 Å². The van der Waals surface area contributed by atoms with Gasteiger partial charge in [0.15, 0.2) is 5.78 Å². The highest BCUT2D eigenvalue weighted by Crippen LogP contribution is 2.20. The second-order valence-electron chi connectivity index (χ2n) is 8.45. The SMILES string of the molecule is CC(C)=C=CCC(C)CCOC(=O)CC(CC(=O)c1ccccc1)Cc1ccccc1. The molecule has 2 aromatic carbocycles. The maximum absolute atomic E-state index is 12.7. The number of allylic oxidation sites excluding steroid dienone is 1. The molecule has 0 bridgehead atoms. The number of carbonyl (C=O) groups is 2. The van der Waals surface area contributed by atoms with Gasteiger partial charge in [-0.15, -0.1) is 5.73 Å². The van der Waals surface area contributed by atoms with Crippen LogP contribution in [0, 0.1) is 11.8 Å². The standard InChI is InChI=1S/C28H34O3/c1-22(2)11-10-12-23(3)17-18-31-28(30)21-25(19-24-13-6-4-7-14-24)20-27(29)26-15-8-5-9-16-26/h4-10,13-16,23,25H,12,17-21H2,1-3H3. The van der Waals surface area contributed by atoms with Gasteiger partial charge in [0.05, 0.1) is 6.61 Å². The maximum atomic E-state index is 12.7. The minimum Gasteiger partial charge on any atom is -0.466 e. The Balaban J connectivity index is 1.89. The Bertz CT molecular complexity index is 873. The maximum Gasteiger partial charge on any atom is 0.306 e. The van der Waals surface area contributed by atoms with Crippen LogP contribution in [0.4, 0.5) is 0 Å². The first-order valence-electron chi connectivity index (χ1n) is 11.1. The Labute approximate surface area is 186 Å². The molecule has 2 unspecified atom stereocenters. The van der Waals surface area contributed by atoms with E-state index in [0.717, 1.165) is 24.0 Å². The van der Waals surface area contributed by atoms with E-state index in [-0.39, 0.29) is 24.1 Å². The van der Waals surface area contributed by atoms with Gasteiger partial charge in [0.25, 0.3) is 0 Å². The van der Waals surface area contributed by atoms with E-state index in [4.69, 9.17) is 4.74 Å². The summed E-state index contributed by atoms with van der Waals surface area (Å²) in [7, 11) is 0. The van der Waals surface area contributed by atoms with E-state index >= 15 is 0 Å². The van der Waals surface area contributed by atoms with Gasteiger partial charge in [0.1, 0.15) is 0 Å². The molecule has 0 saturated heterocycles. The Morgan fingerprint density at radius 2 is 1.61 bits per heavy atom. The van der Waals surface area contributed by atoms with Gasteiger partial charge in [-0.25, -0.2) is 0 Å². The molecule has 0 N–H and O–H groups in total. The van der Waals surface area contributed by atoms with Crippen LogP contribution in [0.15, 0.2) is 78.0 Å². The van der Waals surface area contributed by atoms with Crippen LogP contribution in [0.2, 0.25) is 0 Å². The van der Waals surface area contributed by atoms with Crippen molar-refractivity contribution in [1.82, 2.24) is 0 Å². The third-order valence-corrected chi connectivity index (χ3v) is 5.18. The van der Waals surface area contributed by atoms with Crippen LogP contribution in [0.5, 0.6) is 0 Å². The second-order valence-corrected chi connectivity index (χ2v) is 8.45. The molecule has 0 fully saturated rings. The van der Waals surface area contributed by atoms with Crippen LogP contribution in [-0.4, -0.2) is 18.4 Å². The molecule has 0 aliphatic heterocycles. The minimum absolute atomic E-state index is 0.0639. The van der Waals surface area contributed by atoms with Crippen molar-refractivity contribution in [2.24, 2.45) is 11.8 Å². The number of ketones is 1. The fraction of sp³-hybridized carbons (Fsp3) is 0.393. The number of rotatable bonds is 12. The molecule has 2 rings (SSSR count). The summed E-state index contributed by atoms with van der Waals surface area (Å²) < 4.78 is 5.51. The second kappa shape index (κ2) is 13.4. The number of esters is 1. The summed E-state index contributed by atoms with van der Waals surface area (Å²) in [6.07, 6.45) is 5.05. The summed E-state index contributed by atoms with van der Waals surface area (Å²) in [6.45, 7) is 6.61. The molecule has 2 atom stereocenters. The van der Waals surface area contributed by atoms with Crippen LogP contribution < -0.4 is 0 Å². The summed E-state index contributed by atoms with van der Waals surface area (Å²) in [4.78, 5) is 25.2. The topological polar surface area (TPSA) is 43.4 Å². The first kappa shape index (κ1) is 24.4. The number of carbonyl (C=O) groups excluding carboxylic acids is 2. The lowest BCUT2D eigenvalue weighted by Crippen LogP contribution is -2.18. The van der Waals surface area contributed by atoms with Gasteiger partial charge in [-0.05, 0) is 62.2 Å². The summed E-state index contributed by atoms with van der Waals surface area (Å²) in [5.41, 5.74) is 6.18. The first-order valence-corrected chi connectivity index (χ1v) is 11.1. The van der Waals surface area contributed by atoms with Gasteiger partial charge in [0, 0.05) is 18.4 Å². The molecule has 0 amide bonds.